The normalized spacial score (nSPS) is 14.4. The minimum absolute atomic E-state index is 0.192. The van der Waals surface area contributed by atoms with E-state index in [-0.39, 0.29) is 5.91 Å². The van der Waals surface area contributed by atoms with Gasteiger partial charge in [-0.1, -0.05) is 35.9 Å². The van der Waals surface area contributed by atoms with Crippen LogP contribution in [0.3, 0.4) is 0 Å². The molecular weight excluding hydrogens is 388 g/mol. The lowest BCUT2D eigenvalue weighted by molar-refractivity contribution is -0.140. The monoisotopic (exact) mass is 408 g/mol. The van der Waals surface area contributed by atoms with E-state index in [0.717, 1.165) is 22.9 Å². The SMILES string of the molecule is Cc1nc2ccc(Cl)cc2cc1C(=O)OC(C)C(=O)N1CCc2ccccc2C1. The van der Waals surface area contributed by atoms with Crippen LogP contribution in [0.5, 0.6) is 0 Å². The lowest BCUT2D eigenvalue weighted by atomic mass is 9.99. The van der Waals surface area contributed by atoms with Gasteiger partial charge in [-0.25, -0.2) is 4.79 Å². The Morgan fingerprint density at radius 3 is 2.69 bits per heavy atom. The average molecular weight is 409 g/mol. The second-order valence-corrected chi connectivity index (χ2v) is 7.72. The number of carbonyl (C=O) groups is 2. The van der Waals surface area contributed by atoms with Crippen LogP contribution in [-0.2, 0) is 22.5 Å². The predicted molar refractivity (Wildman–Crippen MR) is 112 cm³/mol. The molecule has 1 aliphatic rings. The summed E-state index contributed by atoms with van der Waals surface area (Å²) in [6.45, 7) is 4.51. The first-order chi connectivity index (χ1) is 13.9. The summed E-state index contributed by atoms with van der Waals surface area (Å²) in [6.07, 6.45) is -0.0703. The maximum Gasteiger partial charge on any atom is 0.340 e. The number of aryl methyl sites for hydroxylation is 1. The van der Waals surface area contributed by atoms with E-state index in [2.05, 4.69) is 11.1 Å². The van der Waals surface area contributed by atoms with Crippen LogP contribution in [0, 0.1) is 6.92 Å². The van der Waals surface area contributed by atoms with Gasteiger partial charge in [-0.3, -0.25) is 9.78 Å². The van der Waals surface area contributed by atoms with Crippen molar-refractivity contribution in [1.29, 1.82) is 0 Å². The Morgan fingerprint density at radius 1 is 1.14 bits per heavy atom. The van der Waals surface area contributed by atoms with Gasteiger partial charge in [-0.15, -0.1) is 0 Å². The first-order valence-corrected chi connectivity index (χ1v) is 9.93. The number of carbonyl (C=O) groups excluding carboxylic acids is 2. The molecule has 2 aromatic carbocycles. The second kappa shape index (κ2) is 7.84. The molecule has 0 saturated heterocycles. The Hall–Kier alpha value is -2.92. The fourth-order valence-corrected chi connectivity index (χ4v) is 3.85. The summed E-state index contributed by atoms with van der Waals surface area (Å²) >= 11 is 6.04. The van der Waals surface area contributed by atoms with Crippen molar-refractivity contribution >= 4 is 34.4 Å². The maximum atomic E-state index is 12.8. The van der Waals surface area contributed by atoms with E-state index in [4.69, 9.17) is 16.3 Å². The molecule has 0 N–H and O–H groups in total. The topological polar surface area (TPSA) is 59.5 Å². The van der Waals surface area contributed by atoms with E-state index >= 15 is 0 Å². The molecular formula is C23H21ClN2O3. The number of esters is 1. The third kappa shape index (κ3) is 3.96. The van der Waals surface area contributed by atoms with Gasteiger partial charge in [-0.2, -0.15) is 0 Å². The molecule has 2 heterocycles. The van der Waals surface area contributed by atoms with E-state index < -0.39 is 12.1 Å². The molecule has 1 amide bonds. The van der Waals surface area contributed by atoms with Gasteiger partial charge in [0.25, 0.3) is 5.91 Å². The zero-order chi connectivity index (χ0) is 20.5. The number of ether oxygens (including phenoxy) is 1. The number of benzene rings is 2. The van der Waals surface area contributed by atoms with E-state index in [9.17, 15) is 9.59 Å². The lowest BCUT2D eigenvalue weighted by Crippen LogP contribution is -2.42. The van der Waals surface area contributed by atoms with Gasteiger partial charge in [0.15, 0.2) is 6.10 Å². The second-order valence-electron chi connectivity index (χ2n) is 7.28. The van der Waals surface area contributed by atoms with E-state index in [1.165, 1.54) is 5.56 Å². The third-order valence-electron chi connectivity index (χ3n) is 5.26. The highest BCUT2D eigenvalue weighted by atomic mass is 35.5. The summed E-state index contributed by atoms with van der Waals surface area (Å²) in [5.41, 5.74) is 4.04. The molecule has 1 aliphatic heterocycles. The standard InChI is InChI=1S/C23H21ClN2O3/c1-14-20(12-18-11-19(24)7-8-21(18)25-14)23(28)29-15(2)22(27)26-10-9-16-5-3-4-6-17(16)13-26/h3-8,11-12,15H,9-10,13H2,1-2H3. The Morgan fingerprint density at radius 2 is 1.90 bits per heavy atom. The Labute approximate surface area is 174 Å². The van der Waals surface area contributed by atoms with Crippen LogP contribution in [0.2, 0.25) is 5.02 Å². The highest BCUT2D eigenvalue weighted by Gasteiger charge is 2.27. The van der Waals surface area contributed by atoms with Gasteiger partial charge in [0.05, 0.1) is 16.8 Å². The molecule has 1 unspecified atom stereocenters. The number of hydrogen-bond donors (Lipinski definition) is 0. The molecule has 1 aromatic heterocycles. The zero-order valence-electron chi connectivity index (χ0n) is 16.3. The molecule has 0 saturated carbocycles. The van der Waals surface area contributed by atoms with Gasteiger partial charge in [0.2, 0.25) is 0 Å². The van der Waals surface area contributed by atoms with Gasteiger partial charge < -0.3 is 9.64 Å². The highest BCUT2D eigenvalue weighted by molar-refractivity contribution is 6.31. The highest BCUT2D eigenvalue weighted by Crippen LogP contribution is 2.23. The van der Waals surface area contributed by atoms with Crippen LogP contribution < -0.4 is 0 Å². The summed E-state index contributed by atoms with van der Waals surface area (Å²) in [5, 5.41) is 1.32. The fraction of sp³-hybridized carbons (Fsp3) is 0.261. The summed E-state index contributed by atoms with van der Waals surface area (Å²) < 4.78 is 5.50. The van der Waals surface area contributed by atoms with Crippen molar-refractivity contribution in [3.05, 3.63) is 75.9 Å². The molecule has 3 aromatic rings. The van der Waals surface area contributed by atoms with Crippen molar-refractivity contribution in [2.45, 2.75) is 32.9 Å². The molecule has 0 fully saturated rings. The number of hydrogen-bond acceptors (Lipinski definition) is 4. The van der Waals surface area contributed by atoms with E-state index in [1.54, 1.807) is 43.0 Å². The number of nitrogens with zero attached hydrogens (tertiary/aromatic N) is 2. The molecule has 0 radical (unpaired) electrons. The molecule has 29 heavy (non-hydrogen) atoms. The third-order valence-corrected chi connectivity index (χ3v) is 5.50. The number of amides is 1. The van der Waals surface area contributed by atoms with Crippen LogP contribution >= 0.6 is 11.6 Å². The van der Waals surface area contributed by atoms with Crippen LogP contribution in [0.1, 0.15) is 34.1 Å². The Balaban J connectivity index is 1.49. The maximum absolute atomic E-state index is 12.8. The zero-order valence-corrected chi connectivity index (χ0v) is 17.1. The number of fused-ring (bicyclic) bond motifs is 2. The summed E-state index contributed by atoms with van der Waals surface area (Å²) in [5.74, 6) is -0.752. The minimum atomic E-state index is -0.873. The summed E-state index contributed by atoms with van der Waals surface area (Å²) in [4.78, 5) is 31.7. The molecule has 4 rings (SSSR count). The molecule has 0 spiro atoms. The molecule has 148 valence electrons. The predicted octanol–water partition coefficient (Wildman–Crippen LogP) is 4.33. The summed E-state index contributed by atoms with van der Waals surface area (Å²) in [7, 11) is 0. The molecule has 0 bridgehead atoms. The minimum Gasteiger partial charge on any atom is -0.449 e. The van der Waals surface area contributed by atoms with Gasteiger partial charge in [0.1, 0.15) is 0 Å². The largest absolute Gasteiger partial charge is 0.449 e. The quantitative estimate of drug-likeness (QED) is 0.605. The van der Waals surface area contributed by atoms with Gasteiger partial charge in [0, 0.05) is 23.5 Å². The number of aromatic nitrogens is 1. The van der Waals surface area contributed by atoms with Crippen molar-refractivity contribution in [3.63, 3.8) is 0 Å². The van der Waals surface area contributed by atoms with E-state index in [1.807, 2.05) is 18.2 Å². The number of rotatable bonds is 3. The summed E-state index contributed by atoms with van der Waals surface area (Å²) in [6, 6.07) is 15.1. The van der Waals surface area contributed by atoms with Crippen molar-refractivity contribution in [1.82, 2.24) is 9.88 Å². The van der Waals surface area contributed by atoms with Crippen LogP contribution in [-0.4, -0.2) is 34.4 Å². The Bertz CT molecular complexity index is 1110. The first-order valence-electron chi connectivity index (χ1n) is 9.56. The fourth-order valence-electron chi connectivity index (χ4n) is 3.67. The first kappa shape index (κ1) is 19.4. The van der Waals surface area contributed by atoms with Crippen LogP contribution in [0.25, 0.3) is 10.9 Å². The van der Waals surface area contributed by atoms with E-state index in [0.29, 0.717) is 29.4 Å². The molecule has 0 aliphatic carbocycles. The van der Waals surface area contributed by atoms with Crippen molar-refractivity contribution < 1.29 is 14.3 Å². The van der Waals surface area contributed by atoms with Crippen LogP contribution in [0.4, 0.5) is 0 Å². The van der Waals surface area contributed by atoms with Gasteiger partial charge >= 0.3 is 5.97 Å². The number of pyridine rings is 1. The lowest BCUT2D eigenvalue weighted by Gasteiger charge is -2.30. The molecule has 1 atom stereocenters. The van der Waals surface area contributed by atoms with Crippen molar-refractivity contribution in [2.24, 2.45) is 0 Å². The molecule has 6 heteroatoms. The van der Waals surface area contributed by atoms with Crippen LogP contribution in [0.15, 0.2) is 48.5 Å². The Kier molecular flexibility index (Phi) is 5.24. The van der Waals surface area contributed by atoms with Crippen molar-refractivity contribution in [2.75, 3.05) is 6.54 Å². The number of halogens is 1. The molecule has 5 nitrogen and oxygen atoms in total. The van der Waals surface area contributed by atoms with Gasteiger partial charge in [-0.05, 0) is 55.7 Å². The van der Waals surface area contributed by atoms with Crippen molar-refractivity contribution in [3.8, 4) is 0 Å². The smallest absolute Gasteiger partial charge is 0.340 e. The average Bonchev–Trinajstić information content (AvgIpc) is 2.72.